The minimum Gasteiger partial charge on any atom is -0.458 e. The first kappa shape index (κ1) is 13.9. The Kier molecular flexibility index (Phi) is 3.09. The molecule has 3 atom stereocenters. The summed E-state index contributed by atoms with van der Waals surface area (Å²) in [4.78, 5) is 16.2. The molecule has 3 unspecified atom stereocenters. The molecule has 2 fully saturated rings. The van der Waals surface area contributed by atoms with Crippen LogP contribution in [0, 0.1) is 16.7 Å². The van der Waals surface area contributed by atoms with Crippen LogP contribution in [0.5, 0.6) is 0 Å². The summed E-state index contributed by atoms with van der Waals surface area (Å²) in [6, 6.07) is 3.37. The van der Waals surface area contributed by atoms with E-state index in [0.717, 1.165) is 12.8 Å². The number of esters is 1. The summed E-state index contributed by atoms with van der Waals surface area (Å²) in [7, 11) is 0. The van der Waals surface area contributed by atoms with Gasteiger partial charge in [-0.2, -0.15) is 0 Å². The van der Waals surface area contributed by atoms with Crippen LogP contribution in [-0.2, 0) is 4.74 Å². The Morgan fingerprint density at radius 3 is 2.75 bits per heavy atom. The molecule has 0 aromatic carbocycles. The highest BCUT2D eigenvalue weighted by atomic mass is 35.5. The van der Waals surface area contributed by atoms with E-state index in [1.54, 1.807) is 18.3 Å². The number of pyridine rings is 1. The number of rotatable bonds is 2. The molecule has 2 saturated carbocycles. The van der Waals surface area contributed by atoms with Crippen LogP contribution >= 0.6 is 11.6 Å². The third-order valence-corrected chi connectivity index (χ3v) is 6.24. The van der Waals surface area contributed by atoms with Crippen molar-refractivity contribution in [3.8, 4) is 0 Å². The number of hydrogen-bond acceptors (Lipinski definition) is 3. The smallest absolute Gasteiger partial charge is 0.341 e. The van der Waals surface area contributed by atoms with E-state index < -0.39 is 0 Å². The SMILES string of the molecule is CC1(C)C2CCC1(C)C(OC(=O)c1cccnc1Cl)C2. The van der Waals surface area contributed by atoms with E-state index in [1.807, 2.05) is 0 Å². The fourth-order valence-electron chi connectivity index (χ4n) is 4.04. The molecule has 1 heterocycles. The zero-order valence-corrected chi connectivity index (χ0v) is 12.9. The van der Waals surface area contributed by atoms with E-state index in [-0.39, 0.29) is 28.1 Å². The third-order valence-electron chi connectivity index (χ3n) is 5.94. The molecule has 1 aromatic rings. The van der Waals surface area contributed by atoms with Crippen LogP contribution in [0.15, 0.2) is 18.3 Å². The van der Waals surface area contributed by atoms with Crippen LogP contribution in [0.25, 0.3) is 0 Å². The van der Waals surface area contributed by atoms with Gasteiger partial charge in [0.15, 0.2) is 0 Å². The van der Waals surface area contributed by atoms with Crippen molar-refractivity contribution in [1.82, 2.24) is 4.98 Å². The van der Waals surface area contributed by atoms with Gasteiger partial charge in [-0.25, -0.2) is 9.78 Å². The fraction of sp³-hybridized carbons (Fsp3) is 0.625. The van der Waals surface area contributed by atoms with E-state index in [9.17, 15) is 4.79 Å². The zero-order chi connectivity index (χ0) is 14.5. The largest absolute Gasteiger partial charge is 0.458 e. The molecule has 0 radical (unpaired) electrons. The first-order chi connectivity index (χ1) is 9.36. The van der Waals surface area contributed by atoms with Gasteiger partial charge in [-0.3, -0.25) is 0 Å². The van der Waals surface area contributed by atoms with Crippen LogP contribution in [0.2, 0.25) is 5.15 Å². The molecule has 1 aromatic heterocycles. The Balaban J connectivity index is 1.81. The van der Waals surface area contributed by atoms with Crippen LogP contribution in [0.3, 0.4) is 0 Å². The topological polar surface area (TPSA) is 39.2 Å². The molecule has 3 rings (SSSR count). The van der Waals surface area contributed by atoms with Gasteiger partial charge in [0.05, 0.1) is 5.56 Å². The van der Waals surface area contributed by atoms with Gasteiger partial charge in [-0.15, -0.1) is 0 Å². The standard InChI is InChI=1S/C16H20ClNO2/c1-15(2)10-6-7-16(15,3)12(9-10)20-14(19)11-5-4-8-18-13(11)17/h4-5,8,10,12H,6-7,9H2,1-3H3. The van der Waals surface area contributed by atoms with E-state index in [1.165, 1.54) is 6.42 Å². The number of ether oxygens (including phenoxy) is 1. The highest BCUT2D eigenvalue weighted by molar-refractivity contribution is 6.32. The third kappa shape index (κ3) is 1.79. The predicted molar refractivity (Wildman–Crippen MR) is 77.7 cm³/mol. The molecule has 2 bridgehead atoms. The summed E-state index contributed by atoms with van der Waals surface area (Å²) in [6.07, 6.45) is 4.89. The lowest BCUT2D eigenvalue weighted by atomic mass is 9.70. The van der Waals surface area contributed by atoms with Gasteiger partial charge in [0.1, 0.15) is 11.3 Å². The summed E-state index contributed by atoms with van der Waals surface area (Å²) in [6.45, 7) is 6.86. The summed E-state index contributed by atoms with van der Waals surface area (Å²) >= 11 is 5.96. The second-order valence-corrected chi connectivity index (χ2v) is 7.20. The summed E-state index contributed by atoms with van der Waals surface area (Å²) < 4.78 is 5.79. The predicted octanol–water partition coefficient (Wildman–Crippen LogP) is 4.11. The second kappa shape index (κ2) is 4.45. The highest BCUT2D eigenvalue weighted by Gasteiger charge is 2.62. The maximum atomic E-state index is 12.3. The average molecular weight is 294 g/mol. The summed E-state index contributed by atoms with van der Waals surface area (Å²) in [5.74, 6) is 0.298. The van der Waals surface area contributed by atoms with Crippen molar-refractivity contribution >= 4 is 17.6 Å². The van der Waals surface area contributed by atoms with Crippen LogP contribution < -0.4 is 0 Å². The molecule has 0 saturated heterocycles. The molecule has 2 aliphatic rings. The van der Waals surface area contributed by atoms with Crippen molar-refractivity contribution in [2.45, 2.75) is 46.1 Å². The van der Waals surface area contributed by atoms with Crippen molar-refractivity contribution in [3.05, 3.63) is 29.0 Å². The Bertz CT molecular complexity index is 557. The van der Waals surface area contributed by atoms with Gasteiger partial charge in [0.2, 0.25) is 0 Å². The molecule has 0 N–H and O–H groups in total. The second-order valence-electron chi connectivity index (χ2n) is 6.85. The molecule has 108 valence electrons. The number of carbonyl (C=O) groups excluding carboxylic acids is 1. The number of carbonyl (C=O) groups is 1. The van der Waals surface area contributed by atoms with Crippen molar-refractivity contribution in [2.75, 3.05) is 0 Å². The quantitative estimate of drug-likeness (QED) is 0.608. The number of aromatic nitrogens is 1. The first-order valence-electron chi connectivity index (χ1n) is 7.18. The first-order valence-corrected chi connectivity index (χ1v) is 7.55. The minimum absolute atomic E-state index is 0.0139. The lowest BCUT2D eigenvalue weighted by Crippen LogP contribution is -2.38. The van der Waals surface area contributed by atoms with E-state index in [4.69, 9.17) is 16.3 Å². The zero-order valence-electron chi connectivity index (χ0n) is 12.1. The number of hydrogen-bond donors (Lipinski definition) is 0. The monoisotopic (exact) mass is 293 g/mol. The Morgan fingerprint density at radius 1 is 1.45 bits per heavy atom. The van der Waals surface area contributed by atoms with Crippen LogP contribution in [0.1, 0.15) is 50.4 Å². The highest BCUT2D eigenvalue weighted by Crippen LogP contribution is 2.66. The van der Waals surface area contributed by atoms with E-state index >= 15 is 0 Å². The Hall–Kier alpha value is -1.09. The molecule has 0 spiro atoms. The van der Waals surface area contributed by atoms with Crippen molar-refractivity contribution < 1.29 is 9.53 Å². The van der Waals surface area contributed by atoms with Gasteiger partial charge >= 0.3 is 5.97 Å². The molecule has 0 amide bonds. The van der Waals surface area contributed by atoms with Gasteiger partial charge in [0.25, 0.3) is 0 Å². The molecule has 0 aliphatic heterocycles. The normalized spacial score (nSPS) is 34.2. The Labute approximate surface area is 124 Å². The molecular formula is C16H20ClNO2. The molecule has 3 nitrogen and oxygen atoms in total. The molecule has 4 heteroatoms. The van der Waals surface area contributed by atoms with E-state index in [0.29, 0.717) is 11.5 Å². The van der Waals surface area contributed by atoms with E-state index in [2.05, 4.69) is 25.8 Å². The van der Waals surface area contributed by atoms with Crippen molar-refractivity contribution in [1.29, 1.82) is 0 Å². The average Bonchev–Trinajstić information content (AvgIpc) is 2.72. The molecule has 20 heavy (non-hydrogen) atoms. The summed E-state index contributed by atoms with van der Waals surface area (Å²) in [5, 5.41) is 0.213. The van der Waals surface area contributed by atoms with Crippen molar-refractivity contribution in [2.24, 2.45) is 16.7 Å². The summed E-state index contributed by atoms with van der Waals surface area (Å²) in [5.41, 5.74) is 0.664. The lowest BCUT2D eigenvalue weighted by molar-refractivity contribution is -0.0242. The lowest BCUT2D eigenvalue weighted by Gasteiger charge is -2.38. The minimum atomic E-state index is -0.349. The molecule has 2 aliphatic carbocycles. The van der Waals surface area contributed by atoms with Crippen LogP contribution in [-0.4, -0.2) is 17.1 Å². The number of fused-ring (bicyclic) bond motifs is 2. The Morgan fingerprint density at radius 2 is 2.20 bits per heavy atom. The van der Waals surface area contributed by atoms with Gasteiger partial charge < -0.3 is 4.74 Å². The maximum absolute atomic E-state index is 12.3. The number of nitrogens with zero attached hydrogens (tertiary/aromatic N) is 1. The maximum Gasteiger partial charge on any atom is 0.341 e. The number of halogens is 1. The van der Waals surface area contributed by atoms with Gasteiger partial charge in [0, 0.05) is 11.6 Å². The van der Waals surface area contributed by atoms with Crippen LogP contribution in [0.4, 0.5) is 0 Å². The van der Waals surface area contributed by atoms with Gasteiger partial charge in [-0.05, 0) is 42.7 Å². The van der Waals surface area contributed by atoms with Crippen molar-refractivity contribution in [3.63, 3.8) is 0 Å². The molecular weight excluding hydrogens is 274 g/mol. The fourth-order valence-corrected chi connectivity index (χ4v) is 4.24. The van der Waals surface area contributed by atoms with Gasteiger partial charge in [-0.1, -0.05) is 32.4 Å².